The minimum atomic E-state index is -0.508. The van der Waals surface area contributed by atoms with E-state index < -0.39 is 5.91 Å². The average Bonchev–Trinajstić information content (AvgIpc) is 2.65. The summed E-state index contributed by atoms with van der Waals surface area (Å²) < 4.78 is 13.1. The summed E-state index contributed by atoms with van der Waals surface area (Å²) in [5, 5.41) is 8.69. The predicted octanol–water partition coefficient (Wildman–Crippen LogP) is 3.04. The number of hydroxylamine groups is 1. The SMILES string of the molecule is CC1CN(c2ccc(F)cc2)CC(C)N1Cc1ccc(C(=O)NO)cc1. The van der Waals surface area contributed by atoms with Crippen LogP contribution in [0.3, 0.4) is 0 Å². The van der Waals surface area contributed by atoms with Crippen molar-refractivity contribution in [2.75, 3.05) is 18.0 Å². The van der Waals surface area contributed by atoms with E-state index in [1.165, 1.54) is 12.1 Å². The lowest BCUT2D eigenvalue weighted by atomic mass is 10.0. The zero-order chi connectivity index (χ0) is 18.7. The number of carbonyl (C=O) groups excluding carboxylic acids is 1. The molecule has 0 aliphatic carbocycles. The maximum absolute atomic E-state index is 13.1. The molecule has 26 heavy (non-hydrogen) atoms. The molecule has 3 rings (SSSR count). The van der Waals surface area contributed by atoms with Crippen LogP contribution in [0.4, 0.5) is 10.1 Å². The molecule has 0 saturated carbocycles. The van der Waals surface area contributed by atoms with Gasteiger partial charge in [0.1, 0.15) is 5.82 Å². The Kier molecular flexibility index (Phi) is 5.54. The van der Waals surface area contributed by atoms with Crippen LogP contribution in [0.1, 0.15) is 29.8 Å². The summed E-state index contributed by atoms with van der Waals surface area (Å²) in [6, 6.07) is 14.6. The highest BCUT2D eigenvalue weighted by Crippen LogP contribution is 2.24. The first-order valence-corrected chi connectivity index (χ1v) is 8.77. The zero-order valence-electron chi connectivity index (χ0n) is 15.0. The van der Waals surface area contributed by atoms with Gasteiger partial charge < -0.3 is 4.90 Å². The molecule has 2 unspecified atom stereocenters. The van der Waals surface area contributed by atoms with Crippen LogP contribution < -0.4 is 10.4 Å². The second-order valence-electron chi connectivity index (χ2n) is 6.89. The molecule has 1 aliphatic rings. The standard InChI is InChI=1S/C20H24FN3O2/c1-14-11-23(19-9-7-18(21)8-10-19)12-15(2)24(14)13-16-3-5-17(6-4-16)20(25)22-26/h3-10,14-15,26H,11-13H2,1-2H3,(H,22,25). The fraction of sp³-hybridized carbons (Fsp3) is 0.350. The number of benzene rings is 2. The van der Waals surface area contributed by atoms with Crippen molar-refractivity contribution in [1.29, 1.82) is 0 Å². The van der Waals surface area contributed by atoms with Crippen molar-refractivity contribution in [1.82, 2.24) is 10.4 Å². The minimum Gasteiger partial charge on any atom is -0.368 e. The molecule has 2 aromatic rings. The van der Waals surface area contributed by atoms with Crippen LogP contribution in [0.5, 0.6) is 0 Å². The Bertz CT molecular complexity index is 737. The van der Waals surface area contributed by atoms with Crippen LogP contribution in [0.15, 0.2) is 48.5 Å². The summed E-state index contributed by atoms with van der Waals surface area (Å²) in [5.74, 6) is -0.724. The number of carbonyl (C=O) groups is 1. The highest BCUT2D eigenvalue weighted by Gasteiger charge is 2.29. The zero-order valence-corrected chi connectivity index (χ0v) is 15.0. The fourth-order valence-corrected chi connectivity index (χ4v) is 3.57. The van der Waals surface area contributed by atoms with Crippen LogP contribution >= 0.6 is 0 Å². The van der Waals surface area contributed by atoms with Crippen LogP contribution in [0.2, 0.25) is 0 Å². The van der Waals surface area contributed by atoms with Crippen molar-refractivity contribution in [2.24, 2.45) is 0 Å². The monoisotopic (exact) mass is 357 g/mol. The molecule has 1 saturated heterocycles. The van der Waals surface area contributed by atoms with Crippen molar-refractivity contribution >= 4 is 11.6 Å². The lowest BCUT2D eigenvalue weighted by Gasteiger charge is -2.45. The van der Waals surface area contributed by atoms with Crippen molar-refractivity contribution in [3.05, 3.63) is 65.5 Å². The molecule has 1 aliphatic heterocycles. The Morgan fingerprint density at radius 2 is 1.65 bits per heavy atom. The normalized spacial score (nSPS) is 20.8. The van der Waals surface area contributed by atoms with E-state index >= 15 is 0 Å². The van der Waals surface area contributed by atoms with Gasteiger partial charge in [0.2, 0.25) is 0 Å². The quantitative estimate of drug-likeness (QED) is 0.652. The molecule has 1 amide bonds. The number of hydrogen-bond acceptors (Lipinski definition) is 4. The number of rotatable bonds is 4. The molecule has 0 aromatic heterocycles. The highest BCUT2D eigenvalue weighted by atomic mass is 19.1. The van der Waals surface area contributed by atoms with Gasteiger partial charge in [-0.3, -0.25) is 14.9 Å². The van der Waals surface area contributed by atoms with Gasteiger partial charge in [0, 0.05) is 43.0 Å². The average molecular weight is 357 g/mol. The lowest BCUT2D eigenvalue weighted by molar-refractivity contribution is 0.0706. The summed E-state index contributed by atoms with van der Waals surface area (Å²) in [5.41, 5.74) is 4.24. The molecular weight excluding hydrogens is 333 g/mol. The van der Waals surface area contributed by atoms with Crippen molar-refractivity contribution in [3.63, 3.8) is 0 Å². The Labute approximate surface area is 153 Å². The molecule has 1 heterocycles. The van der Waals surface area contributed by atoms with Crippen molar-refractivity contribution in [2.45, 2.75) is 32.5 Å². The van der Waals surface area contributed by atoms with Crippen LogP contribution in [0.25, 0.3) is 0 Å². The Hall–Kier alpha value is -2.44. The fourth-order valence-electron chi connectivity index (χ4n) is 3.57. The first-order valence-electron chi connectivity index (χ1n) is 8.77. The van der Waals surface area contributed by atoms with Gasteiger partial charge in [-0.1, -0.05) is 12.1 Å². The van der Waals surface area contributed by atoms with E-state index in [-0.39, 0.29) is 5.82 Å². The first-order chi connectivity index (χ1) is 12.5. The van der Waals surface area contributed by atoms with Crippen LogP contribution in [-0.2, 0) is 6.54 Å². The van der Waals surface area contributed by atoms with Crippen molar-refractivity contribution < 1.29 is 14.4 Å². The molecule has 1 fully saturated rings. The number of anilines is 1. The molecule has 138 valence electrons. The number of nitrogens with one attached hydrogen (secondary N) is 1. The summed E-state index contributed by atoms with van der Waals surface area (Å²) in [7, 11) is 0. The highest BCUT2D eigenvalue weighted by molar-refractivity contribution is 5.93. The number of amides is 1. The molecule has 2 atom stereocenters. The second kappa shape index (κ2) is 7.85. The Morgan fingerprint density at radius 1 is 1.08 bits per heavy atom. The molecule has 0 radical (unpaired) electrons. The van der Waals surface area contributed by atoms with E-state index in [9.17, 15) is 9.18 Å². The van der Waals surface area contributed by atoms with E-state index in [0.29, 0.717) is 17.6 Å². The molecule has 6 heteroatoms. The maximum Gasteiger partial charge on any atom is 0.274 e. The second-order valence-corrected chi connectivity index (χ2v) is 6.89. The number of hydrogen-bond donors (Lipinski definition) is 2. The maximum atomic E-state index is 13.1. The molecule has 2 N–H and O–H groups in total. The predicted molar refractivity (Wildman–Crippen MR) is 98.8 cm³/mol. The van der Waals surface area contributed by atoms with Gasteiger partial charge in [-0.15, -0.1) is 0 Å². The number of halogens is 1. The van der Waals surface area contributed by atoms with E-state index in [4.69, 9.17) is 5.21 Å². The first kappa shape index (κ1) is 18.4. The summed E-state index contributed by atoms with van der Waals surface area (Å²) >= 11 is 0. The number of piperazine rings is 1. The lowest BCUT2D eigenvalue weighted by Crippen LogP contribution is -2.56. The van der Waals surface area contributed by atoms with E-state index in [1.54, 1.807) is 17.6 Å². The van der Waals surface area contributed by atoms with E-state index in [0.717, 1.165) is 30.9 Å². The molecule has 2 aromatic carbocycles. The van der Waals surface area contributed by atoms with Gasteiger partial charge in [0.05, 0.1) is 0 Å². The van der Waals surface area contributed by atoms with Crippen molar-refractivity contribution in [3.8, 4) is 0 Å². The summed E-state index contributed by atoms with van der Waals surface area (Å²) in [6.45, 7) is 6.93. The molecule has 0 spiro atoms. The molecule has 5 nitrogen and oxygen atoms in total. The summed E-state index contributed by atoms with van der Waals surface area (Å²) in [6.07, 6.45) is 0. The van der Waals surface area contributed by atoms with Gasteiger partial charge in [-0.25, -0.2) is 9.87 Å². The number of nitrogens with zero attached hydrogens (tertiary/aromatic N) is 2. The van der Waals surface area contributed by atoms with Gasteiger partial charge >= 0.3 is 0 Å². The third-order valence-corrected chi connectivity index (χ3v) is 4.98. The molecular formula is C20H24FN3O2. The smallest absolute Gasteiger partial charge is 0.274 e. The van der Waals surface area contributed by atoms with E-state index in [1.807, 2.05) is 24.3 Å². The largest absolute Gasteiger partial charge is 0.368 e. The van der Waals surface area contributed by atoms with Crippen LogP contribution in [0, 0.1) is 5.82 Å². The topological polar surface area (TPSA) is 55.8 Å². The van der Waals surface area contributed by atoms with Crippen LogP contribution in [-0.4, -0.2) is 41.2 Å². The van der Waals surface area contributed by atoms with Gasteiger partial charge in [-0.2, -0.15) is 0 Å². The van der Waals surface area contributed by atoms with Gasteiger partial charge in [0.15, 0.2) is 0 Å². The minimum absolute atomic E-state index is 0.216. The van der Waals surface area contributed by atoms with Gasteiger partial charge in [0.25, 0.3) is 5.91 Å². The van der Waals surface area contributed by atoms with Gasteiger partial charge in [-0.05, 0) is 55.8 Å². The molecule has 0 bridgehead atoms. The third-order valence-electron chi connectivity index (χ3n) is 4.98. The third kappa shape index (κ3) is 4.03. The summed E-state index contributed by atoms with van der Waals surface area (Å²) in [4.78, 5) is 16.1. The Morgan fingerprint density at radius 3 is 2.19 bits per heavy atom. The Balaban J connectivity index is 1.66. The van der Waals surface area contributed by atoms with E-state index in [2.05, 4.69) is 23.6 Å².